The number of hydrogen-bond acceptors (Lipinski definition) is 6. The Bertz CT molecular complexity index is 822. The van der Waals surface area contributed by atoms with E-state index in [1.165, 1.54) is 0 Å². The summed E-state index contributed by atoms with van der Waals surface area (Å²) < 4.78 is 10.7. The molecule has 2 aliphatic rings. The lowest BCUT2D eigenvalue weighted by atomic mass is 9.75. The summed E-state index contributed by atoms with van der Waals surface area (Å²) in [5.74, 6) is -0.000126. The number of hydrogen-bond donors (Lipinski definition) is 1. The molecule has 1 N–H and O–H groups in total. The maximum atomic E-state index is 13.0. The molecule has 1 fully saturated rings. The number of carbonyl (C=O) groups excluding carboxylic acids is 3. The first kappa shape index (κ1) is 20.8. The minimum Gasteiger partial charge on any atom is -0.497 e. The van der Waals surface area contributed by atoms with E-state index in [1.807, 2.05) is 24.3 Å². The molecule has 0 saturated carbocycles. The van der Waals surface area contributed by atoms with Gasteiger partial charge in [0.2, 0.25) is 5.91 Å². The fourth-order valence-corrected chi connectivity index (χ4v) is 3.96. The highest BCUT2D eigenvalue weighted by Crippen LogP contribution is 2.36. The summed E-state index contributed by atoms with van der Waals surface area (Å²) >= 11 is 0. The van der Waals surface area contributed by atoms with E-state index < -0.39 is 5.41 Å². The summed E-state index contributed by atoms with van der Waals surface area (Å²) in [6, 6.07) is 7.60. The van der Waals surface area contributed by atoms with E-state index >= 15 is 0 Å². The van der Waals surface area contributed by atoms with Crippen LogP contribution in [0.4, 0.5) is 0 Å². The number of carbonyl (C=O) groups is 3. The minimum absolute atomic E-state index is 0.195. The highest BCUT2D eigenvalue weighted by Gasteiger charge is 2.45. The van der Waals surface area contributed by atoms with E-state index in [0.29, 0.717) is 37.9 Å². The first-order valence-corrected chi connectivity index (χ1v) is 9.92. The Morgan fingerprint density at radius 1 is 1.31 bits per heavy atom. The molecule has 8 heteroatoms. The smallest absolute Gasteiger partial charge is 0.314 e. The van der Waals surface area contributed by atoms with Crippen LogP contribution in [0, 0.1) is 5.41 Å². The second kappa shape index (κ2) is 9.07. The third-order valence-corrected chi connectivity index (χ3v) is 5.40. The molecule has 1 aromatic carbocycles. The Morgan fingerprint density at radius 3 is 2.83 bits per heavy atom. The molecule has 2 heterocycles. The summed E-state index contributed by atoms with van der Waals surface area (Å²) in [6.07, 6.45) is 2.33. The first-order valence-electron chi connectivity index (χ1n) is 9.92. The molecular formula is C21H27N3O5. The van der Waals surface area contributed by atoms with Crippen molar-refractivity contribution < 1.29 is 23.9 Å². The zero-order valence-electron chi connectivity index (χ0n) is 16.9. The summed E-state index contributed by atoms with van der Waals surface area (Å²) in [4.78, 5) is 38.9. The van der Waals surface area contributed by atoms with Gasteiger partial charge in [0.15, 0.2) is 0 Å². The molecule has 29 heavy (non-hydrogen) atoms. The Kier molecular flexibility index (Phi) is 6.51. The molecule has 156 valence electrons. The molecule has 2 amide bonds. The molecule has 1 saturated heterocycles. The van der Waals surface area contributed by atoms with Crippen LogP contribution in [-0.4, -0.2) is 55.2 Å². The van der Waals surface area contributed by atoms with Crippen molar-refractivity contribution in [2.24, 2.45) is 10.5 Å². The number of hydrazone groups is 1. The normalized spacial score (nSPS) is 21.8. The molecule has 0 aliphatic carbocycles. The van der Waals surface area contributed by atoms with Crippen LogP contribution in [0.2, 0.25) is 0 Å². The van der Waals surface area contributed by atoms with Gasteiger partial charge in [-0.05, 0) is 43.9 Å². The third kappa shape index (κ3) is 4.75. The number of likely N-dealkylation sites (tertiary alicyclic amines) is 1. The van der Waals surface area contributed by atoms with E-state index in [-0.39, 0.29) is 37.4 Å². The Labute approximate surface area is 170 Å². The number of ether oxygens (including phenoxy) is 2. The lowest BCUT2D eigenvalue weighted by Gasteiger charge is -2.41. The summed E-state index contributed by atoms with van der Waals surface area (Å²) in [7, 11) is 1.60. The number of nitrogens with zero attached hydrogens (tertiary/aromatic N) is 2. The summed E-state index contributed by atoms with van der Waals surface area (Å²) in [5, 5.41) is 3.91. The van der Waals surface area contributed by atoms with Crippen molar-refractivity contribution in [2.45, 2.75) is 39.0 Å². The fraction of sp³-hybridized carbons (Fsp3) is 0.524. The predicted octanol–water partition coefficient (Wildman–Crippen LogP) is 1.68. The first-order chi connectivity index (χ1) is 14.0. The number of nitrogens with one attached hydrogen (secondary N) is 1. The van der Waals surface area contributed by atoms with Gasteiger partial charge < -0.3 is 14.4 Å². The number of methoxy groups -OCH3 is 1. The van der Waals surface area contributed by atoms with Gasteiger partial charge in [-0.1, -0.05) is 12.1 Å². The van der Waals surface area contributed by atoms with Crippen LogP contribution in [0.3, 0.4) is 0 Å². The van der Waals surface area contributed by atoms with Crippen LogP contribution in [-0.2, 0) is 25.5 Å². The molecule has 8 nitrogen and oxygen atoms in total. The highest BCUT2D eigenvalue weighted by atomic mass is 16.5. The van der Waals surface area contributed by atoms with E-state index in [2.05, 4.69) is 10.5 Å². The lowest BCUT2D eigenvalue weighted by Crippen LogP contribution is -2.53. The third-order valence-electron chi connectivity index (χ3n) is 5.40. The Balaban J connectivity index is 1.84. The van der Waals surface area contributed by atoms with Gasteiger partial charge >= 0.3 is 5.97 Å². The van der Waals surface area contributed by atoms with E-state index in [4.69, 9.17) is 9.47 Å². The summed E-state index contributed by atoms with van der Waals surface area (Å²) in [5.41, 5.74) is 2.82. The molecular weight excluding hydrogens is 374 g/mol. The van der Waals surface area contributed by atoms with E-state index in [1.54, 1.807) is 18.9 Å². The number of benzene rings is 1. The van der Waals surface area contributed by atoms with Gasteiger partial charge in [-0.2, -0.15) is 5.10 Å². The minimum atomic E-state index is -0.825. The molecule has 2 aliphatic heterocycles. The van der Waals surface area contributed by atoms with Gasteiger partial charge in [0.05, 0.1) is 19.1 Å². The van der Waals surface area contributed by atoms with Crippen molar-refractivity contribution >= 4 is 23.5 Å². The van der Waals surface area contributed by atoms with Crippen molar-refractivity contribution in [3.63, 3.8) is 0 Å². The molecule has 3 rings (SSSR count). The van der Waals surface area contributed by atoms with Crippen molar-refractivity contribution in [3.8, 4) is 5.75 Å². The van der Waals surface area contributed by atoms with E-state index in [9.17, 15) is 14.4 Å². The zero-order valence-corrected chi connectivity index (χ0v) is 16.9. The molecule has 1 aromatic rings. The average Bonchev–Trinajstić information content (AvgIpc) is 2.74. The van der Waals surface area contributed by atoms with E-state index in [0.717, 1.165) is 11.3 Å². The maximum absolute atomic E-state index is 13.0. The zero-order chi connectivity index (χ0) is 20.9. The van der Waals surface area contributed by atoms with Crippen LogP contribution < -0.4 is 10.2 Å². The van der Waals surface area contributed by atoms with Gasteiger partial charge in [-0.15, -0.1) is 0 Å². The van der Waals surface area contributed by atoms with Crippen LogP contribution in [0.1, 0.15) is 38.2 Å². The number of piperidine rings is 1. The van der Waals surface area contributed by atoms with Crippen LogP contribution in [0.25, 0.3) is 0 Å². The largest absolute Gasteiger partial charge is 0.497 e. The number of amides is 2. The quantitative estimate of drug-likeness (QED) is 0.732. The van der Waals surface area contributed by atoms with Crippen LogP contribution in [0.15, 0.2) is 29.4 Å². The van der Waals surface area contributed by atoms with Gasteiger partial charge in [-0.3, -0.25) is 14.4 Å². The molecule has 0 spiro atoms. The van der Waals surface area contributed by atoms with Gasteiger partial charge in [0.1, 0.15) is 11.5 Å². The van der Waals surface area contributed by atoms with Gasteiger partial charge in [0, 0.05) is 25.9 Å². The average molecular weight is 401 g/mol. The SMILES string of the molecule is CCOC(=O)C1(Cc2cccc(OC)c2)CCCN(C(=O)C2=NNC(=O)CC2)C1. The van der Waals surface area contributed by atoms with Crippen LogP contribution in [0.5, 0.6) is 5.75 Å². The second-order valence-corrected chi connectivity index (χ2v) is 7.45. The molecule has 0 bridgehead atoms. The van der Waals surface area contributed by atoms with Crippen molar-refractivity contribution in [3.05, 3.63) is 29.8 Å². The lowest BCUT2D eigenvalue weighted by molar-refractivity contribution is -0.160. The predicted molar refractivity (Wildman–Crippen MR) is 106 cm³/mol. The van der Waals surface area contributed by atoms with Crippen molar-refractivity contribution in [1.29, 1.82) is 0 Å². The Morgan fingerprint density at radius 2 is 2.14 bits per heavy atom. The fourth-order valence-electron chi connectivity index (χ4n) is 3.96. The van der Waals surface area contributed by atoms with Gasteiger partial charge in [-0.25, -0.2) is 5.43 Å². The molecule has 1 atom stereocenters. The highest BCUT2D eigenvalue weighted by molar-refractivity contribution is 6.39. The van der Waals surface area contributed by atoms with Gasteiger partial charge in [0.25, 0.3) is 5.91 Å². The van der Waals surface area contributed by atoms with Crippen molar-refractivity contribution in [1.82, 2.24) is 10.3 Å². The number of rotatable bonds is 6. The number of esters is 1. The molecule has 0 radical (unpaired) electrons. The summed E-state index contributed by atoms with van der Waals surface area (Å²) in [6.45, 7) is 2.87. The molecule has 0 aromatic heterocycles. The maximum Gasteiger partial charge on any atom is 0.314 e. The Hall–Kier alpha value is -2.90. The topological polar surface area (TPSA) is 97.3 Å². The standard InChI is InChI=1S/C21H27N3O5/c1-3-29-20(27)21(13-15-6-4-7-16(12-15)28-2)10-5-11-24(14-21)19(26)17-8-9-18(25)23-22-17/h4,6-7,12H,3,5,8-11,13-14H2,1-2H3,(H,23,25). The van der Waals surface area contributed by atoms with Crippen LogP contribution >= 0.6 is 0 Å². The molecule has 1 unspecified atom stereocenters. The second-order valence-electron chi connectivity index (χ2n) is 7.45. The van der Waals surface area contributed by atoms with Crippen molar-refractivity contribution in [2.75, 3.05) is 26.8 Å². The monoisotopic (exact) mass is 401 g/mol.